The van der Waals surface area contributed by atoms with Gasteiger partial charge in [-0.1, -0.05) is 23.7 Å². The lowest BCUT2D eigenvalue weighted by Gasteiger charge is -2.34. The number of hydrogen-bond donors (Lipinski definition) is 2. The molecule has 1 aliphatic heterocycles. The van der Waals surface area contributed by atoms with Crippen molar-refractivity contribution >= 4 is 54.9 Å². The third-order valence-corrected chi connectivity index (χ3v) is 9.27. The summed E-state index contributed by atoms with van der Waals surface area (Å²) >= 11 is 5.92. The van der Waals surface area contributed by atoms with E-state index in [4.69, 9.17) is 16.3 Å². The number of halogens is 1. The number of amides is 1. The second-order valence-electron chi connectivity index (χ2n) is 8.71. The highest BCUT2D eigenvalue weighted by molar-refractivity contribution is 7.93. The fourth-order valence-electron chi connectivity index (χ4n) is 3.92. The Hall–Kier alpha value is -4.20. The average molecular weight is 600 g/mol. The van der Waals surface area contributed by atoms with Gasteiger partial charge in [0, 0.05) is 22.6 Å². The first-order valence-electron chi connectivity index (χ1n) is 11.8. The summed E-state index contributed by atoms with van der Waals surface area (Å²) in [5.74, 6) is -0.463. The number of carbonyl (C=O) groups excluding carboxylic acids is 1. The molecule has 4 aromatic rings. The van der Waals surface area contributed by atoms with Gasteiger partial charge in [-0.05, 0) is 73.7 Å². The molecule has 40 heavy (non-hydrogen) atoms. The van der Waals surface area contributed by atoms with Crippen molar-refractivity contribution in [2.24, 2.45) is 0 Å². The van der Waals surface area contributed by atoms with Gasteiger partial charge < -0.3 is 10.1 Å². The van der Waals surface area contributed by atoms with E-state index in [9.17, 15) is 21.6 Å². The highest BCUT2D eigenvalue weighted by atomic mass is 35.5. The predicted molar refractivity (Wildman–Crippen MR) is 149 cm³/mol. The van der Waals surface area contributed by atoms with Crippen molar-refractivity contribution in [2.75, 3.05) is 20.9 Å². The Morgan fingerprint density at radius 2 is 1.62 bits per heavy atom. The van der Waals surface area contributed by atoms with Crippen molar-refractivity contribution in [3.8, 4) is 5.75 Å². The first-order valence-corrected chi connectivity index (χ1v) is 15.1. The average Bonchev–Trinajstić information content (AvgIpc) is 2.92. The molecule has 0 saturated heterocycles. The summed E-state index contributed by atoms with van der Waals surface area (Å²) in [5, 5.41) is 3.04. The lowest BCUT2D eigenvalue weighted by Crippen LogP contribution is -2.48. The van der Waals surface area contributed by atoms with E-state index in [0.29, 0.717) is 16.4 Å². The summed E-state index contributed by atoms with van der Waals surface area (Å²) in [7, 11) is -8.03. The number of nitrogens with one attached hydrogen (secondary N) is 2. The molecule has 0 spiro atoms. The highest BCUT2D eigenvalue weighted by Gasteiger charge is 2.37. The Bertz CT molecular complexity index is 1780. The molecule has 0 fully saturated rings. The van der Waals surface area contributed by atoms with Crippen LogP contribution in [0.25, 0.3) is 0 Å². The minimum atomic E-state index is -4.05. The van der Waals surface area contributed by atoms with Gasteiger partial charge in [0.2, 0.25) is 5.95 Å². The molecule has 0 radical (unpaired) electrons. The second-order valence-corrected chi connectivity index (χ2v) is 12.7. The Kier molecular flexibility index (Phi) is 7.36. The number of aryl methyl sites for hydroxylation is 1. The zero-order valence-corrected chi connectivity index (χ0v) is 23.2. The summed E-state index contributed by atoms with van der Waals surface area (Å²) in [5.41, 5.74) is 1.17. The molecule has 14 heteroatoms. The van der Waals surface area contributed by atoms with Gasteiger partial charge in [0.1, 0.15) is 5.75 Å². The SMILES string of the molecule is Cc1ccnc(NS(=O)(=O)c2ccc(NC(=O)[C@H]3CN(S(=O)(=O)c4ccc(Cl)cc4)c4ccccc4O3)cc2)n1. The molecule has 2 N–H and O–H groups in total. The maximum absolute atomic E-state index is 13.5. The van der Waals surface area contributed by atoms with Crippen LogP contribution in [0.5, 0.6) is 5.75 Å². The summed E-state index contributed by atoms with van der Waals surface area (Å²) in [6.45, 7) is 1.42. The van der Waals surface area contributed by atoms with Crippen LogP contribution in [0.1, 0.15) is 5.69 Å². The number of para-hydroxylation sites is 2. The van der Waals surface area contributed by atoms with Crippen LogP contribution >= 0.6 is 11.6 Å². The zero-order valence-electron chi connectivity index (χ0n) is 20.9. The zero-order chi connectivity index (χ0) is 28.5. The van der Waals surface area contributed by atoms with Gasteiger partial charge in [-0.3, -0.25) is 9.10 Å². The number of fused-ring (bicyclic) bond motifs is 1. The molecule has 0 unspecified atom stereocenters. The number of hydrogen-bond acceptors (Lipinski definition) is 8. The molecule has 0 bridgehead atoms. The summed E-state index contributed by atoms with van der Waals surface area (Å²) in [6, 6.07) is 19.3. The van der Waals surface area contributed by atoms with Crippen LogP contribution in [0.15, 0.2) is 94.9 Å². The molecule has 2 heterocycles. The fourth-order valence-corrected chi connectivity index (χ4v) is 6.47. The summed E-state index contributed by atoms with van der Waals surface area (Å²) in [6.07, 6.45) is 0.243. The molecular formula is C26H22ClN5O6S2. The Balaban J connectivity index is 1.34. The molecular weight excluding hydrogens is 578 g/mol. The van der Waals surface area contributed by atoms with Gasteiger partial charge >= 0.3 is 0 Å². The maximum Gasteiger partial charge on any atom is 0.267 e. The molecule has 1 amide bonds. The van der Waals surface area contributed by atoms with Gasteiger partial charge in [0.25, 0.3) is 26.0 Å². The standard InChI is InChI=1S/C26H22ClN5O6S2/c1-17-14-15-28-26(29-17)31-39(34,35)20-12-8-19(9-13-20)30-25(33)24-16-32(22-4-2-3-5-23(22)38-24)40(36,37)21-10-6-18(27)7-11-21/h2-15,24H,16H2,1H3,(H,30,33)(H,28,29,31)/t24-/m1/s1. The van der Waals surface area contributed by atoms with Crippen molar-refractivity contribution in [3.05, 3.63) is 95.8 Å². The number of carbonyl (C=O) groups is 1. The van der Waals surface area contributed by atoms with Gasteiger partial charge in [0.15, 0.2) is 6.10 Å². The van der Waals surface area contributed by atoms with Crippen molar-refractivity contribution in [1.82, 2.24) is 9.97 Å². The monoisotopic (exact) mass is 599 g/mol. The van der Waals surface area contributed by atoms with E-state index in [0.717, 1.165) is 4.31 Å². The first-order chi connectivity index (χ1) is 19.0. The summed E-state index contributed by atoms with van der Waals surface area (Å²) in [4.78, 5) is 21.0. The topological polar surface area (TPSA) is 148 Å². The van der Waals surface area contributed by atoms with E-state index < -0.39 is 32.1 Å². The van der Waals surface area contributed by atoms with Crippen LogP contribution < -0.4 is 19.1 Å². The molecule has 0 saturated carbocycles. The van der Waals surface area contributed by atoms with Crippen molar-refractivity contribution in [1.29, 1.82) is 0 Å². The van der Waals surface area contributed by atoms with Crippen molar-refractivity contribution in [3.63, 3.8) is 0 Å². The number of sulfonamides is 2. The lowest BCUT2D eigenvalue weighted by molar-refractivity contribution is -0.122. The maximum atomic E-state index is 13.5. The van der Waals surface area contributed by atoms with E-state index >= 15 is 0 Å². The minimum absolute atomic E-state index is 0.00855. The number of rotatable bonds is 7. The highest BCUT2D eigenvalue weighted by Crippen LogP contribution is 2.37. The van der Waals surface area contributed by atoms with Crippen LogP contribution in [0.2, 0.25) is 5.02 Å². The van der Waals surface area contributed by atoms with Gasteiger partial charge in [-0.2, -0.15) is 0 Å². The smallest absolute Gasteiger partial charge is 0.267 e. The van der Waals surface area contributed by atoms with Gasteiger partial charge in [-0.15, -0.1) is 0 Å². The van der Waals surface area contributed by atoms with Crippen LogP contribution in [-0.4, -0.2) is 45.4 Å². The molecule has 206 valence electrons. The molecule has 1 atom stereocenters. The van der Waals surface area contributed by atoms with E-state index in [1.54, 1.807) is 37.3 Å². The largest absolute Gasteiger partial charge is 0.476 e. The minimum Gasteiger partial charge on any atom is -0.476 e. The van der Waals surface area contributed by atoms with Crippen molar-refractivity contribution in [2.45, 2.75) is 22.8 Å². The Labute approximate surface area is 235 Å². The molecule has 11 nitrogen and oxygen atoms in total. The number of benzene rings is 3. The molecule has 0 aliphatic carbocycles. The van der Waals surface area contributed by atoms with E-state index in [1.165, 1.54) is 54.7 Å². The first kappa shape index (κ1) is 27.4. The Morgan fingerprint density at radius 3 is 2.33 bits per heavy atom. The van der Waals surface area contributed by atoms with Gasteiger partial charge in [0.05, 0.1) is 22.0 Å². The third-order valence-electron chi connectivity index (χ3n) is 5.88. The molecule has 3 aromatic carbocycles. The fraction of sp³-hybridized carbons (Fsp3) is 0.115. The second kappa shape index (κ2) is 10.8. The van der Waals surface area contributed by atoms with E-state index in [1.807, 2.05) is 0 Å². The molecule has 1 aliphatic rings. The van der Waals surface area contributed by atoms with Crippen LogP contribution in [0, 0.1) is 6.92 Å². The number of aromatic nitrogens is 2. The normalized spacial score (nSPS) is 15.1. The van der Waals surface area contributed by atoms with Gasteiger partial charge in [-0.25, -0.2) is 31.5 Å². The van der Waals surface area contributed by atoms with Crippen LogP contribution in [-0.2, 0) is 24.8 Å². The van der Waals surface area contributed by atoms with E-state index in [2.05, 4.69) is 20.0 Å². The number of ether oxygens (including phenoxy) is 1. The number of nitrogens with zero attached hydrogens (tertiary/aromatic N) is 3. The predicted octanol–water partition coefficient (Wildman–Crippen LogP) is 3.83. The quantitative estimate of drug-likeness (QED) is 0.326. The summed E-state index contributed by atoms with van der Waals surface area (Å²) < 4.78 is 61.7. The van der Waals surface area contributed by atoms with E-state index in [-0.39, 0.29) is 33.7 Å². The van der Waals surface area contributed by atoms with Crippen LogP contribution in [0.3, 0.4) is 0 Å². The molecule has 5 rings (SSSR count). The Morgan fingerprint density at radius 1 is 0.950 bits per heavy atom. The lowest BCUT2D eigenvalue weighted by atomic mass is 10.2. The van der Waals surface area contributed by atoms with Crippen molar-refractivity contribution < 1.29 is 26.4 Å². The van der Waals surface area contributed by atoms with Crippen LogP contribution in [0.4, 0.5) is 17.3 Å². The third kappa shape index (κ3) is 5.71. The number of anilines is 3. The molecule has 1 aromatic heterocycles.